The molecular formula is C11H12N2O2. The summed E-state index contributed by atoms with van der Waals surface area (Å²) in [6.45, 7) is 3.81. The fourth-order valence-corrected chi connectivity index (χ4v) is 1.49. The summed E-state index contributed by atoms with van der Waals surface area (Å²) in [4.78, 5) is 4.06. The molecule has 0 saturated heterocycles. The molecule has 0 aliphatic heterocycles. The number of aliphatic hydroxyl groups is 1. The van der Waals surface area contributed by atoms with Crippen molar-refractivity contribution in [2.45, 2.75) is 20.5 Å². The zero-order chi connectivity index (χ0) is 10.8. The molecule has 0 unspecified atom stereocenters. The molecule has 4 nitrogen and oxygen atoms in total. The van der Waals surface area contributed by atoms with Gasteiger partial charge in [0.15, 0.2) is 0 Å². The average molecular weight is 204 g/mol. The zero-order valence-electron chi connectivity index (χ0n) is 8.69. The molecule has 0 spiro atoms. The summed E-state index contributed by atoms with van der Waals surface area (Å²) >= 11 is 0. The molecule has 4 heteroatoms. The highest BCUT2D eigenvalue weighted by Crippen LogP contribution is 2.21. The van der Waals surface area contributed by atoms with Crippen molar-refractivity contribution in [2.24, 2.45) is 0 Å². The van der Waals surface area contributed by atoms with Crippen LogP contribution in [0, 0.1) is 13.8 Å². The van der Waals surface area contributed by atoms with E-state index in [1.807, 2.05) is 26.0 Å². The Hall–Kier alpha value is -1.68. The van der Waals surface area contributed by atoms with Gasteiger partial charge in [-0.3, -0.25) is 0 Å². The van der Waals surface area contributed by atoms with Crippen LogP contribution < -0.4 is 0 Å². The lowest BCUT2D eigenvalue weighted by atomic mass is 10.1. The first-order valence-corrected chi connectivity index (χ1v) is 4.72. The molecule has 1 aromatic heterocycles. The molecule has 2 rings (SSSR count). The first-order valence-electron chi connectivity index (χ1n) is 4.72. The lowest BCUT2D eigenvalue weighted by molar-refractivity contribution is 0.222. The van der Waals surface area contributed by atoms with Gasteiger partial charge in [-0.2, -0.15) is 4.98 Å². The van der Waals surface area contributed by atoms with E-state index >= 15 is 0 Å². The van der Waals surface area contributed by atoms with Crippen molar-refractivity contribution < 1.29 is 9.63 Å². The second-order valence-electron chi connectivity index (χ2n) is 3.49. The van der Waals surface area contributed by atoms with Gasteiger partial charge in [0.2, 0.25) is 5.82 Å². The second-order valence-corrected chi connectivity index (χ2v) is 3.49. The van der Waals surface area contributed by atoms with Crippen molar-refractivity contribution >= 4 is 0 Å². The van der Waals surface area contributed by atoms with Gasteiger partial charge in [0.05, 0.1) is 0 Å². The highest BCUT2D eigenvalue weighted by molar-refractivity contribution is 5.59. The molecular weight excluding hydrogens is 192 g/mol. The molecule has 1 heterocycles. The molecule has 0 fully saturated rings. The maximum Gasteiger partial charge on any atom is 0.252 e. The minimum absolute atomic E-state index is 0.224. The number of aryl methyl sites for hydroxylation is 2. The molecule has 0 bridgehead atoms. The summed E-state index contributed by atoms with van der Waals surface area (Å²) in [7, 11) is 0. The van der Waals surface area contributed by atoms with Crippen LogP contribution in [0.2, 0.25) is 0 Å². The summed E-state index contributed by atoms with van der Waals surface area (Å²) in [5, 5.41) is 12.6. The standard InChI is InChI=1S/C11H12N2O2/c1-7-3-4-9(8(2)5-7)11-12-10(6-14)15-13-11/h3-5,14H,6H2,1-2H3. The average Bonchev–Trinajstić information content (AvgIpc) is 2.66. The van der Waals surface area contributed by atoms with Crippen molar-refractivity contribution in [3.05, 3.63) is 35.2 Å². The summed E-state index contributed by atoms with van der Waals surface area (Å²) in [5.74, 6) is 0.765. The summed E-state index contributed by atoms with van der Waals surface area (Å²) in [5.41, 5.74) is 3.23. The highest BCUT2D eigenvalue weighted by atomic mass is 16.5. The van der Waals surface area contributed by atoms with E-state index in [4.69, 9.17) is 9.63 Å². The van der Waals surface area contributed by atoms with Crippen LogP contribution in [0.15, 0.2) is 22.7 Å². The Balaban J connectivity index is 2.44. The molecule has 78 valence electrons. The van der Waals surface area contributed by atoms with Crippen LogP contribution in [0.3, 0.4) is 0 Å². The van der Waals surface area contributed by atoms with Gasteiger partial charge in [-0.15, -0.1) is 0 Å². The fraction of sp³-hybridized carbons (Fsp3) is 0.273. The smallest absolute Gasteiger partial charge is 0.252 e. The van der Waals surface area contributed by atoms with Crippen molar-refractivity contribution in [3.63, 3.8) is 0 Å². The van der Waals surface area contributed by atoms with E-state index in [1.54, 1.807) is 0 Å². The van der Waals surface area contributed by atoms with Gasteiger partial charge < -0.3 is 9.63 Å². The largest absolute Gasteiger partial charge is 0.387 e. The number of benzene rings is 1. The Morgan fingerprint density at radius 2 is 2.13 bits per heavy atom. The molecule has 1 N–H and O–H groups in total. The second kappa shape index (κ2) is 3.82. The first kappa shape index (κ1) is 9.86. The van der Waals surface area contributed by atoms with Crippen LogP contribution in [0.5, 0.6) is 0 Å². The van der Waals surface area contributed by atoms with Crippen LogP contribution in [0.1, 0.15) is 17.0 Å². The van der Waals surface area contributed by atoms with Gasteiger partial charge in [0, 0.05) is 5.56 Å². The van der Waals surface area contributed by atoms with Gasteiger partial charge in [-0.05, 0) is 19.4 Å². The number of hydrogen-bond acceptors (Lipinski definition) is 4. The van der Waals surface area contributed by atoms with Gasteiger partial charge in [0.1, 0.15) is 6.61 Å². The quantitative estimate of drug-likeness (QED) is 0.810. The van der Waals surface area contributed by atoms with Crippen molar-refractivity contribution in [1.82, 2.24) is 10.1 Å². The monoisotopic (exact) mass is 204 g/mol. The van der Waals surface area contributed by atoms with Crippen molar-refractivity contribution in [3.8, 4) is 11.4 Å². The molecule has 0 aliphatic rings. The fourth-order valence-electron chi connectivity index (χ4n) is 1.49. The van der Waals surface area contributed by atoms with E-state index in [-0.39, 0.29) is 12.5 Å². The molecule has 0 saturated carbocycles. The Morgan fingerprint density at radius 1 is 1.33 bits per heavy atom. The van der Waals surface area contributed by atoms with Gasteiger partial charge in [0.25, 0.3) is 5.89 Å². The third-order valence-corrected chi connectivity index (χ3v) is 2.23. The predicted molar refractivity (Wildman–Crippen MR) is 55.1 cm³/mol. The van der Waals surface area contributed by atoms with E-state index in [9.17, 15) is 0 Å². The van der Waals surface area contributed by atoms with Crippen LogP contribution in [-0.4, -0.2) is 15.2 Å². The molecule has 0 aliphatic carbocycles. The van der Waals surface area contributed by atoms with Gasteiger partial charge in [-0.1, -0.05) is 28.9 Å². The summed E-state index contributed by atoms with van der Waals surface area (Å²) < 4.78 is 4.84. The van der Waals surface area contributed by atoms with Crippen LogP contribution in [-0.2, 0) is 6.61 Å². The van der Waals surface area contributed by atoms with E-state index in [1.165, 1.54) is 5.56 Å². The highest BCUT2D eigenvalue weighted by Gasteiger charge is 2.09. The predicted octanol–water partition coefficient (Wildman–Crippen LogP) is 1.85. The lowest BCUT2D eigenvalue weighted by Crippen LogP contribution is -1.87. The third-order valence-electron chi connectivity index (χ3n) is 2.23. The van der Waals surface area contributed by atoms with E-state index < -0.39 is 0 Å². The number of hydrogen-bond donors (Lipinski definition) is 1. The molecule has 2 aromatic rings. The molecule has 1 aromatic carbocycles. The zero-order valence-corrected chi connectivity index (χ0v) is 8.69. The third kappa shape index (κ3) is 1.89. The van der Waals surface area contributed by atoms with Crippen molar-refractivity contribution in [1.29, 1.82) is 0 Å². The van der Waals surface area contributed by atoms with Gasteiger partial charge >= 0.3 is 0 Å². The number of rotatable bonds is 2. The Labute approximate surface area is 87.6 Å². The summed E-state index contributed by atoms with van der Waals surface area (Å²) in [6.07, 6.45) is 0. The number of aliphatic hydroxyl groups excluding tert-OH is 1. The number of nitrogens with zero attached hydrogens (tertiary/aromatic N) is 2. The molecule has 0 atom stereocenters. The Morgan fingerprint density at radius 3 is 2.73 bits per heavy atom. The van der Waals surface area contributed by atoms with E-state index in [2.05, 4.69) is 16.2 Å². The summed E-state index contributed by atoms with van der Waals surface area (Å²) in [6, 6.07) is 6.01. The first-order chi connectivity index (χ1) is 7.20. The van der Waals surface area contributed by atoms with Crippen LogP contribution in [0.25, 0.3) is 11.4 Å². The van der Waals surface area contributed by atoms with E-state index in [0.29, 0.717) is 5.82 Å². The minimum Gasteiger partial charge on any atom is -0.387 e. The molecule has 15 heavy (non-hydrogen) atoms. The Bertz CT molecular complexity index is 477. The normalized spacial score (nSPS) is 10.6. The Kier molecular flexibility index (Phi) is 2.51. The SMILES string of the molecule is Cc1ccc(-c2noc(CO)n2)c(C)c1. The van der Waals surface area contributed by atoms with Crippen molar-refractivity contribution in [2.75, 3.05) is 0 Å². The van der Waals surface area contributed by atoms with Crippen LogP contribution in [0.4, 0.5) is 0 Å². The minimum atomic E-state index is -0.224. The maximum atomic E-state index is 8.82. The molecule has 0 amide bonds. The lowest BCUT2D eigenvalue weighted by Gasteiger charge is -2.01. The maximum absolute atomic E-state index is 8.82. The van der Waals surface area contributed by atoms with Gasteiger partial charge in [-0.25, -0.2) is 0 Å². The van der Waals surface area contributed by atoms with E-state index in [0.717, 1.165) is 11.1 Å². The number of aromatic nitrogens is 2. The molecule has 0 radical (unpaired) electrons. The topological polar surface area (TPSA) is 59.2 Å². The van der Waals surface area contributed by atoms with Crippen LogP contribution >= 0.6 is 0 Å².